The molecule has 2 amide bonds. The lowest BCUT2D eigenvalue weighted by molar-refractivity contribution is 0.240. The summed E-state index contributed by atoms with van der Waals surface area (Å²) in [6, 6.07) is 17.8. The lowest BCUT2D eigenvalue weighted by Crippen LogP contribution is -2.48. The van der Waals surface area contributed by atoms with Crippen LogP contribution in [-0.4, -0.2) is 56.8 Å². The van der Waals surface area contributed by atoms with E-state index in [1.165, 1.54) is 5.69 Å². The Morgan fingerprint density at radius 3 is 2.44 bits per heavy atom. The summed E-state index contributed by atoms with van der Waals surface area (Å²) in [6.07, 6.45) is 0. The molecular weight excluding hydrogens is 340 g/mol. The van der Waals surface area contributed by atoms with E-state index in [1.807, 2.05) is 37.3 Å². The zero-order valence-electron chi connectivity index (χ0n) is 15.9. The smallest absolute Gasteiger partial charge is 0.319 e. The van der Waals surface area contributed by atoms with Crippen molar-refractivity contribution in [2.45, 2.75) is 6.92 Å². The zero-order valence-corrected chi connectivity index (χ0v) is 15.9. The van der Waals surface area contributed by atoms with Crippen LogP contribution in [0.2, 0.25) is 0 Å². The highest BCUT2D eigenvalue weighted by Crippen LogP contribution is 2.23. The summed E-state index contributed by atoms with van der Waals surface area (Å²) in [5.74, 6) is 0.687. The van der Waals surface area contributed by atoms with Crippen molar-refractivity contribution < 1.29 is 9.53 Å². The number of hydrogen-bond donors (Lipinski definition) is 2. The average molecular weight is 368 g/mol. The minimum absolute atomic E-state index is 0.204. The van der Waals surface area contributed by atoms with Crippen molar-refractivity contribution >= 4 is 17.4 Å². The van der Waals surface area contributed by atoms with Crippen LogP contribution < -0.4 is 20.3 Å². The highest BCUT2D eigenvalue weighted by molar-refractivity contribution is 5.90. The maximum atomic E-state index is 12.1. The van der Waals surface area contributed by atoms with Gasteiger partial charge in [-0.1, -0.05) is 30.3 Å². The first-order valence-corrected chi connectivity index (χ1v) is 9.55. The number of anilines is 2. The summed E-state index contributed by atoms with van der Waals surface area (Å²) >= 11 is 0. The van der Waals surface area contributed by atoms with Crippen LogP contribution in [0.5, 0.6) is 5.75 Å². The fraction of sp³-hybridized carbons (Fsp3) is 0.381. The number of amides is 2. The fourth-order valence-electron chi connectivity index (χ4n) is 3.21. The first kappa shape index (κ1) is 19.0. The maximum Gasteiger partial charge on any atom is 0.319 e. The number of hydrogen-bond acceptors (Lipinski definition) is 4. The van der Waals surface area contributed by atoms with Gasteiger partial charge in [0.1, 0.15) is 5.75 Å². The Labute approximate surface area is 161 Å². The van der Waals surface area contributed by atoms with Crippen LogP contribution in [0.15, 0.2) is 54.6 Å². The third kappa shape index (κ3) is 5.62. The van der Waals surface area contributed by atoms with Gasteiger partial charge in [0.25, 0.3) is 0 Å². The first-order chi connectivity index (χ1) is 13.3. The van der Waals surface area contributed by atoms with Gasteiger partial charge in [-0.15, -0.1) is 0 Å². The van der Waals surface area contributed by atoms with Crippen LogP contribution in [0.3, 0.4) is 0 Å². The average Bonchev–Trinajstić information content (AvgIpc) is 2.71. The highest BCUT2D eigenvalue weighted by Gasteiger charge is 2.16. The van der Waals surface area contributed by atoms with Crippen molar-refractivity contribution in [2.75, 3.05) is 56.1 Å². The Bertz CT molecular complexity index is 715. The van der Waals surface area contributed by atoms with Crippen LogP contribution in [-0.2, 0) is 0 Å². The van der Waals surface area contributed by atoms with Crippen LogP contribution in [0.4, 0.5) is 16.2 Å². The Morgan fingerprint density at radius 1 is 1.00 bits per heavy atom. The van der Waals surface area contributed by atoms with Crippen molar-refractivity contribution in [3.8, 4) is 5.75 Å². The standard InChI is InChI=1S/C21H28N4O2/c1-2-27-20-11-7-6-10-19(20)23-21(26)22-12-13-24-14-16-25(17-15-24)18-8-4-3-5-9-18/h3-11H,2,12-17H2,1H3,(H2,22,23,26). The minimum atomic E-state index is -0.204. The molecule has 1 aliphatic rings. The SMILES string of the molecule is CCOc1ccccc1NC(=O)NCCN1CCN(c2ccccc2)CC1. The maximum absolute atomic E-state index is 12.1. The summed E-state index contributed by atoms with van der Waals surface area (Å²) in [5.41, 5.74) is 1.97. The Kier molecular flexibility index (Phi) is 6.93. The van der Waals surface area contributed by atoms with E-state index < -0.39 is 0 Å². The third-order valence-electron chi connectivity index (χ3n) is 4.64. The van der Waals surface area contributed by atoms with Crippen molar-refractivity contribution in [3.63, 3.8) is 0 Å². The van der Waals surface area contributed by atoms with Gasteiger partial charge in [0.15, 0.2) is 0 Å². The molecule has 0 unspecified atom stereocenters. The highest BCUT2D eigenvalue weighted by atomic mass is 16.5. The number of carbonyl (C=O) groups excluding carboxylic acids is 1. The summed E-state index contributed by atoms with van der Waals surface area (Å²) in [5, 5.41) is 5.79. The molecule has 0 bridgehead atoms. The molecule has 0 aromatic heterocycles. The number of ether oxygens (including phenoxy) is 1. The molecule has 1 heterocycles. The largest absolute Gasteiger partial charge is 0.492 e. The number of nitrogens with one attached hydrogen (secondary N) is 2. The van der Waals surface area contributed by atoms with Crippen LogP contribution >= 0.6 is 0 Å². The van der Waals surface area contributed by atoms with Gasteiger partial charge in [0, 0.05) is 45.0 Å². The second-order valence-corrected chi connectivity index (χ2v) is 6.47. The van der Waals surface area contributed by atoms with Crippen LogP contribution in [0.1, 0.15) is 6.92 Å². The number of carbonyl (C=O) groups is 1. The van der Waals surface area contributed by atoms with Gasteiger partial charge in [-0.3, -0.25) is 4.90 Å². The minimum Gasteiger partial charge on any atom is -0.492 e. The molecule has 144 valence electrons. The van der Waals surface area contributed by atoms with Crippen molar-refractivity contribution in [1.82, 2.24) is 10.2 Å². The van der Waals surface area contributed by atoms with Gasteiger partial charge in [0.2, 0.25) is 0 Å². The van der Waals surface area contributed by atoms with Crippen LogP contribution in [0.25, 0.3) is 0 Å². The Morgan fingerprint density at radius 2 is 1.70 bits per heavy atom. The first-order valence-electron chi connectivity index (χ1n) is 9.55. The molecule has 2 aromatic carbocycles. The van der Waals surface area contributed by atoms with Crippen molar-refractivity contribution in [1.29, 1.82) is 0 Å². The number of urea groups is 1. The molecule has 27 heavy (non-hydrogen) atoms. The third-order valence-corrected chi connectivity index (χ3v) is 4.64. The molecule has 6 heteroatoms. The topological polar surface area (TPSA) is 56.8 Å². The fourth-order valence-corrected chi connectivity index (χ4v) is 3.21. The lowest BCUT2D eigenvalue weighted by atomic mass is 10.2. The van der Waals surface area contributed by atoms with Gasteiger partial charge >= 0.3 is 6.03 Å². The number of para-hydroxylation sites is 3. The normalized spacial score (nSPS) is 14.6. The summed E-state index contributed by atoms with van der Waals surface area (Å²) in [4.78, 5) is 16.9. The summed E-state index contributed by atoms with van der Waals surface area (Å²) < 4.78 is 5.53. The van der Waals surface area contributed by atoms with E-state index in [2.05, 4.69) is 44.7 Å². The molecule has 0 atom stereocenters. The molecular formula is C21H28N4O2. The Hall–Kier alpha value is -2.73. The van der Waals surface area contributed by atoms with Gasteiger partial charge in [-0.05, 0) is 31.2 Å². The molecule has 6 nitrogen and oxygen atoms in total. The summed E-state index contributed by atoms with van der Waals surface area (Å²) in [6.45, 7) is 7.99. The molecule has 0 spiro atoms. The lowest BCUT2D eigenvalue weighted by Gasteiger charge is -2.36. The van der Waals surface area contributed by atoms with Gasteiger partial charge < -0.3 is 20.3 Å². The van der Waals surface area contributed by atoms with E-state index >= 15 is 0 Å². The molecule has 2 aromatic rings. The molecule has 0 aliphatic carbocycles. The number of benzene rings is 2. The number of rotatable bonds is 7. The zero-order chi connectivity index (χ0) is 18.9. The van der Waals surface area contributed by atoms with E-state index in [0.717, 1.165) is 32.7 Å². The molecule has 0 radical (unpaired) electrons. The number of piperazine rings is 1. The molecule has 3 rings (SSSR count). The van der Waals surface area contributed by atoms with Crippen LogP contribution in [0, 0.1) is 0 Å². The quantitative estimate of drug-likeness (QED) is 0.789. The van der Waals surface area contributed by atoms with Gasteiger partial charge in [-0.2, -0.15) is 0 Å². The molecule has 0 saturated carbocycles. The van der Waals surface area contributed by atoms with Crippen molar-refractivity contribution in [3.05, 3.63) is 54.6 Å². The number of nitrogens with zero attached hydrogens (tertiary/aromatic N) is 2. The second kappa shape index (κ2) is 9.83. The van der Waals surface area contributed by atoms with Crippen molar-refractivity contribution in [2.24, 2.45) is 0 Å². The van der Waals surface area contributed by atoms with E-state index in [9.17, 15) is 4.79 Å². The summed E-state index contributed by atoms with van der Waals surface area (Å²) in [7, 11) is 0. The predicted octanol–water partition coefficient (Wildman–Crippen LogP) is 3.03. The molecule has 1 fully saturated rings. The second-order valence-electron chi connectivity index (χ2n) is 6.47. The van der Waals surface area contributed by atoms with Gasteiger partial charge in [0.05, 0.1) is 12.3 Å². The van der Waals surface area contributed by atoms with E-state index in [0.29, 0.717) is 24.6 Å². The monoisotopic (exact) mass is 368 g/mol. The molecule has 1 saturated heterocycles. The molecule has 2 N–H and O–H groups in total. The van der Waals surface area contributed by atoms with E-state index in [4.69, 9.17) is 4.74 Å². The van der Waals surface area contributed by atoms with E-state index in [1.54, 1.807) is 0 Å². The van der Waals surface area contributed by atoms with E-state index in [-0.39, 0.29) is 6.03 Å². The molecule has 1 aliphatic heterocycles. The Balaban J connectivity index is 1.37. The van der Waals surface area contributed by atoms with Gasteiger partial charge in [-0.25, -0.2) is 4.79 Å². The predicted molar refractivity (Wildman–Crippen MR) is 110 cm³/mol.